The molecule has 1 unspecified atom stereocenters. The fraction of sp³-hybridized carbons (Fsp3) is 0.389. The molecule has 26 heavy (non-hydrogen) atoms. The van der Waals surface area contributed by atoms with Gasteiger partial charge in [0.15, 0.2) is 21.5 Å². The summed E-state index contributed by atoms with van der Waals surface area (Å²) < 4.78 is 23.0. The molecule has 0 saturated carbocycles. The van der Waals surface area contributed by atoms with Gasteiger partial charge in [-0.15, -0.1) is 0 Å². The second-order valence-electron chi connectivity index (χ2n) is 6.75. The number of hydrogen-bond acceptors (Lipinski definition) is 6. The average Bonchev–Trinajstić information content (AvgIpc) is 3.24. The van der Waals surface area contributed by atoms with Gasteiger partial charge < -0.3 is 10.2 Å². The van der Waals surface area contributed by atoms with E-state index in [1.54, 1.807) is 6.08 Å². The second-order valence-corrected chi connectivity index (χ2v) is 8.68. The first-order valence-electron chi connectivity index (χ1n) is 8.73. The Morgan fingerprint density at radius 1 is 1.15 bits per heavy atom. The van der Waals surface area contributed by atoms with Gasteiger partial charge in [-0.2, -0.15) is 0 Å². The minimum Gasteiger partial charge on any atom is -0.354 e. The lowest BCUT2D eigenvalue weighted by atomic mass is 10.1. The second kappa shape index (κ2) is 6.68. The summed E-state index contributed by atoms with van der Waals surface area (Å²) in [6, 6.07) is 7.56. The van der Waals surface area contributed by atoms with E-state index >= 15 is 0 Å². The third-order valence-electron chi connectivity index (χ3n) is 4.67. The van der Waals surface area contributed by atoms with E-state index in [0.29, 0.717) is 17.2 Å². The van der Waals surface area contributed by atoms with Crippen LogP contribution in [0.5, 0.6) is 0 Å². The normalized spacial score (nSPS) is 21.4. The van der Waals surface area contributed by atoms with Crippen molar-refractivity contribution in [2.45, 2.75) is 19.3 Å². The number of benzene rings is 1. The van der Waals surface area contributed by atoms with Crippen molar-refractivity contribution in [2.75, 3.05) is 29.1 Å². The summed E-state index contributed by atoms with van der Waals surface area (Å²) in [6.45, 7) is 1.78. The number of rotatable bonds is 4. The van der Waals surface area contributed by atoms with Gasteiger partial charge in [0, 0.05) is 30.8 Å². The summed E-state index contributed by atoms with van der Waals surface area (Å²) >= 11 is 0. The monoisotopic (exact) mass is 372 g/mol. The van der Waals surface area contributed by atoms with E-state index in [-0.39, 0.29) is 24.0 Å². The SMILES string of the molecule is O=C(CC1C=CS(=O)(=O)C1)Nc1nc2ccccc2nc1N1CCCC1. The number of carbonyl (C=O) groups excluding carboxylic acids is 1. The van der Waals surface area contributed by atoms with Crippen molar-refractivity contribution in [3.63, 3.8) is 0 Å². The lowest BCUT2D eigenvalue weighted by Crippen LogP contribution is -2.24. The van der Waals surface area contributed by atoms with E-state index in [1.807, 2.05) is 24.3 Å². The molecule has 0 bridgehead atoms. The van der Waals surface area contributed by atoms with E-state index in [2.05, 4.69) is 15.2 Å². The Morgan fingerprint density at radius 2 is 1.85 bits per heavy atom. The maximum atomic E-state index is 12.5. The van der Waals surface area contributed by atoms with E-state index in [1.165, 1.54) is 5.41 Å². The van der Waals surface area contributed by atoms with Crippen LogP contribution in [0.3, 0.4) is 0 Å². The van der Waals surface area contributed by atoms with Gasteiger partial charge in [0.25, 0.3) is 0 Å². The number of para-hydroxylation sites is 2. The molecule has 136 valence electrons. The van der Waals surface area contributed by atoms with Crippen LogP contribution in [-0.4, -0.2) is 43.1 Å². The molecule has 1 fully saturated rings. The number of amides is 1. The number of anilines is 2. The molecular formula is C18H20N4O3S. The van der Waals surface area contributed by atoms with Gasteiger partial charge in [0.1, 0.15) is 0 Å². The molecule has 0 spiro atoms. The van der Waals surface area contributed by atoms with Crippen LogP contribution in [-0.2, 0) is 14.6 Å². The Bertz CT molecular complexity index is 981. The highest BCUT2D eigenvalue weighted by molar-refractivity contribution is 7.94. The molecule has 7 nitrogen and oxygen atoms in total. The van der Waals surface area contributed by atoms with Crippen molar-refractivity contribution in [3.05, 3.63) is 35.7 Å². The van der Waals surface area contributed by atoms with E-state index in [0.717, 1.165) is 31.4 Å². The summed E-state index contributed by atoms with van der Waals surface area (Å²) in [6.07, 6.45) is 3.88. The number of nitrogens with one attached hydrogen (secondary N) is 1. The van der Waals surface area contributed by atoms with Gasteiger partial charge in [-0.25, -0.2) is 18.4 Å². The Balaban J connectivity index is 1.59. The Morgan fingerprint density at radius 3 is 2.50 bits per heavy atom. The van der Waals surface area contributed by atoms with Crippen LogP contribution in [0.1, 0.15) is 19.3 Å². The van der Waals surface area contributed by atoms with Crippen LogP contribution in [0.2, 0.25) is 0 Å². The molecule has 4 rings (SSSR count). The zero-order valence-corrected chi connectivity index (χ0v) is 15.1. The number of sulfone groups is 1. The molecule has 1 aromatic heterocycles. The van der Waals surface area contributed by atoms with E-state index < -0.39 is 9.84 Å². The van der Waals surface area contributed by atoms with Crippen LogP contribution < -0.4 is 10.2 Å². The molecule has 0 radical (unpaired) electrons. The molecule has 2 aliphatic heterocycles. The number of allylic oxidation sites excluding steroid dienone is 1. The van der Waals surface area contributed by atoms with Crippen molar-refractivity contribution in [1.29, 1.82) is 0 Å². The molecular weight excluding hydrogens is 352 g/mol. The topological polar surface area (TPSA) is 92.3 Å². The molecule has 2 aromatic rings. The van der Waals surface area contributed by atoms with Crippen molar-refractivity contribution in [2.24, 2.45) is 5.92 Å². The first kappa shape index (κ1) is 17.0. The van der Waals surface area contributed by atoms with E-state index in [4.69, 9.17) is 4.98 Å². The van der Waals surface area contributed by atoms with Crippen molar-refractivity contribution in [3.8, 4) is 0 Å². The molecule has 3 heterocycles. The third-order valence-corrected chi connectivity index (χ3v) is 6.13. The van der Waals surface area contributed by atoms with Crippen molar-refractivity contribution in [1.82, 2.24) is 9.97 Å². The standard InChI is InChI=1S/C18H20N4O3S/c23-16(11-13-7-10-26(24,25)12-13)21-17-18(22-8-3-4-9-22)20-15-6-2-1-5-14(15)19-17/h1-2,5-7,10,13H,3-4,8-9,11-12H2,(H,19,21,23). The average molecular weight is 372 g/mol. The summed E-state index contributed by atoms with van der Waals surface area (Å²) in [7, 11) is -3.16. The minimum atomic E-state index is -3.16. The van der Waals surface area contributed by atoms with Crippen molar-refractivity contribution >= 4 is 38.4 Å². The Hall–Kier alpha value is -2.48. The fourth-order valence-electron chi connectivity index (χ4n) is 3.41. The maximum Gasteiger partial charge on any atom is 0.226 e. The molecule has 0 aliphatic carbocycles. The lowest BCUT2D eigenvalue weighted by Gasteiger charge is -2.20. The predicted octanol–water partition coefficient (Wildman–Crippen LogP) is 2.12. The number of carbonyl (C=O) groups is 1. The number of hydrogen-bond donors (Lipinski definition) is 1. The lowest BCUT2D eigenvalue weighted by molar-refractivity contribution is -0.116. The first-order chi connectivity index (χ1) is 12.5. The molecule has 2 aliphatic rings. The summed E-state index contributed by atoms with van der Waals surface area (Å²) in [4.78, 5) is 23.9. The van der Waals surface area contributed by atoms with Gasteiger partial charge in [0.2, 0.25) is 5.91 Å². The van der Waals surface area contributed by atoms with Gasteiger partial charge in [0.05, 0.1) is 16.8 Å². The van der Waals surface area contributed by atoms with Crippen LogP contribution in [0.4, 0.5) is 11.6 Å². The Kier molecular flexibility index (Phi) is 4.36. The summed E-state index contributed by atoms with van der Waals surface area (Å²) in [5.41, 5.74) is 1.51. The molecule has 1 N–H and O–H groups in total. The van der Waals surface area contributed by atoms with E-state index in [9.17, 15) is 13.2 Å². The summed E-state index contributed by atoms with van der Waals surface area (Å²) in [5.74, 6) is 0.581. The quantitative estimate of drug-likeness (QED) is 0.884. The van der Waals surface area contributed by atoms with Crippen molar-refractivity contribution < 1.29 is 13.2 Å². The smallest absolute Gasteiger partial charge is 0.226 e. The summed E-state index contributed by atoms with van der Waals surface area (Å²) in [5, 5.41) is 4.04. The molecule has 1 amide bonds. The molecule has 8 heteroatoms. The highest BCUT2D eigenvalue weighted by atomic mass is 32.2. The molecule has 1 aromatic carbocycles. The molecule has 1 atom stereocenters. The highest BCUT2D eigenvalue weighted by Gasteiger charge is 2.25. The third kappa shape index (κ3) is 3.55. The minimum absolute atomic E-state index is 0.0111. The largest absolute Gasteiger partial charge is 0.354 e. The number of fused-ring (bicyclic) bond motifs is 1. The predicted molar refractivity (Wildman–Crippen MR) is 101 cm³/mol. The van der Waals surface area contributed by atoms with Crippen LogP contribution in [0.25, 0.3) is 11.0 Å². The van der Waals surface area contributed by atoms with Crippen LogP contribution in [0, 0.1) is 5.92 Å². The zero-order valence-electron chi connectivity index (χ0n) is 14.3. The first-order valence-corrected chi connectivity index (χ1v) is 10.4. The van der Waals surface area contributed by atoms with Gasteiger partial charge in [-0.05, 0) is 25.0 Å². The highest BCUT2D eigenvalue weighted by Crippen LogP contribution is 2.28. The van der Waals surface area contributed by atoms with Gasteiger partial charge in [-0.3, -0.25) is 4.79 Å². The van der Waals surface area contributed by atoms with Crippen LogP contribution in [0.15, 0.2) is 35.7 Å². The fourth-order valence-corrected chi connectivity index (χ4v) is 4.81. The number of nitrogens with zero attached hydrogens (tertiary/aromatic N) is 3. The maximum absolute atomic E-state index is 12.5. The van der Waals surface area contributed by atoms with Gasteiger partial charge >= 0.3 is 0 Å². The number of aromatic nitrogens is 2. The molecule has 1 saturated heterocycles. The Labute approximate surface area is 152 Å². The van der Waals surface area contributed by atoms with Crippen LogP contribution >= 0.6 is 0 Å². The van der Waals surface area contributed by atoms with Gasteiger partial charge in [-0.1, -0.05) is 18.2 Å². The zero-order chi connectivity index (χ0) is 18.1.